The SMILES string of the molecule is CC(F)(F)COC(=O)C1C2CC3C(=O)OC1C3C2. The number of halogens is 2. The molecule has 1 heterocycles. The van der Waals surface area contributed by atoms with Crippen molar-refractivity contribution in [3.05, 3.63) is 0 Å². The Hall–Kier alpha value is -1.20. The Bertz CT molecular complexity index is 403. The molecule has 1 saturated heterocycles. The Balaban J connectivity index is 1.68. The van der Waals surface area contributed by atoms with Crippen molar-refractivity contribution in [2.24, 2.45) is 23.7 Å². The molecular weight excluding hydrogens is 246 g/mol. The second-order valence-electron chi connectivity index (χ2n) is 5.61. The maximum atomic E-state index is 12.6. The van der Waals surface area contributed by atoms with Gasteiger partial charge in [0, 0.05) is 12.8 Å². The molecule has 3 aliphatic rings. The van der Waals surface area contributed by atoms with Crippen molar-refractivity contribution in [1.29, 1.82) is 0 Å². The first-order valence-corrected chi connectivity index (χ1v) is 6.12. The highest BCUT2D eigenvalue weighted by Crippen LogP contribution is 2.57. The summed E-state index contributed by atoms with van der Waals surface area (Å²) in [5.74, 6) is -4.42. The molecule has 2 aliphatic carbocycles. The van der Waals surface area contributed by atoms with E-state index in [1.54, 1.807) is 0 Å². The summed E-state index contributed by atoms with van der Waals surface area (Å²) in [6, 6.07) is 0. The van der Waals surface area contributed by atoms with Crippen molar-refractivity contribution in [2.75, 3.05) is 6.61 Å². The molecule has 2 bridgehead atoms. The van der Waals surface area contributed by atoms with E-state index in [1.165, 1.54) is 0 Å². The summed E-state index contributed by atoms with van der Waals surface area (Å²) in [4.78, 5) is 23.3. The third-order valence-corrected chi connectivity index (χ3v) is 4.23. The van der Waals surface area contributed by atoms with Crippen LogP contribution in [-0.4, -0.2) is 30.6 Å². The number of hydrogen-bond donors (Lipinski definition) is 0. The number of fused-ring (bicyclic) bond motifs is 1. The minimum Gasteiger partial charge on any atom is -0.461 e. The number of carbonyl (C=O) groups excluding carboxylic acids is 2. The standard InChI is InChI=1S/C12H14F2O4/c1-12(13,14)4-17-11(16)8-5-2-6-7(3-5)10(15)18-9(6)8/h5-9H,2-4H2,1H3. The van der Waals surface area contributed by atoms with Crippen LogP contribution in [0, 0.1) is 23.7 Å². The van der Waals surface area contributed by atoms with Gasteiger partial charge in [-0.25, -0.2) is 8.78 Å². The quantitative estimate of drug-likeness (QED) is 0.719. The largest absolute Gasteiger partial charge is 0.461 e. The number of ether oxygens (including phenoxy) is 2. The van der Waals surface area contributed by atoms with Crippen LogP contribution in [0.3, 0.4) is 0 Å². The van der Waals surface area contributed by atoms with Crippen molar-refractivity contribution in [3.63, 3.8) is 0 Å². The van der Waals surface area contributed by atoms with Gasteiger partial charge < -0.3 is 9.47 Å². The number of alkyl halides is 2. The first kappa shape index (κ1) is 11.9. The van der Waals surface area contributed by atoms with Crippen molar-refractivity contribution in [3.8, 4) is 0 Å². The summed E-state index contributed by atoms with van der Waals surface area (Å²) in [5.41, 5.74) is 0. The molecule has 3 fully saturated rings. The van der Waals surface area contributed by atoms with E-state index in [0.29, 0.717) is 13.3 Å². The van der Waals surface area contributed by atoms with Crippen LogP contribution in [0.15, 0.2) is 0 Å². The van der Waals surface area contributed by atoms with E-state index in [0.717, 1.165) is 6.42 Å². The predicted molar refractivity (Wildman–Crippen MR) is 54.7 cm³/mol. The van der Waals surface area contributed by atoms with Crippen LogP contribution in [-0.2, 0) is 19.1 Å². The molecule has 2 saturated carbocycles. The van der Waals surface area contributed by atoms with E-state index < -0.39 is 30.5 Å². The molecule has 0 aromatic carbocycles. The Labute approximate surface area is 103 Å². The summed E-state index contributed by atoms with van der Waals surface area (Å²) < 4.78 is 35.1. The van der Waals surface area contributed by atoms with E-state index in [4.69, 9.17) is 4.74 Å². The summed E-state index contributed by atoms with van der Waals surface area (Å²) >= 11 is 0. The topological polar surface area (TPSA) is 52.6 Å². The Kier molecular flexibility index (Phi) is 2.40. The third kappa shape index (κ3) is 1.69. The van der Waals surface area contributed by atoms with E-state index in [2.05, 4.69) is 4.74 Å². The zero-order chi connectivity index (χ0) is 13.1. The Morgan fingerprint density at radius 1 is 1.50 bits per heavy atom. The lowest BCUT2D eigenvalue weighted by atomic mass is 9.82. The summed E-state index contributed by atoms with van der Waals surface area (Å²) in [6.45, 7) is -0.212. The molecule has 0 radical (unpaired) electrons. The van der Waals surface area contributed by atoms with Gasteiger partial charge in [-0.3, -0.25) is 9.59 Å². The molecular formula is C12H14F2O4. The van der Waals surface area contributed by atoms with Crippen LogP contribution in [0.1, 0.15) is 19.8 Å². The number of esters is 2. The van der Waals surface area contributed by atoms with Crippen LogP contribution >= 0.6 is 0 Å². The highest BCUT2D eigenvalue weighted by atomic mass is 19.3. The van der Waals surface area contributed by atoms with Crippen LogP contribution < -0.4 is 0 Å². The Morgan fingerprint density at radius 2 is 2.22 bits per heavy atom. The van der Waals surface area contributed by atoms with Crippen LogP contribution in [0.5, 0.6) is 0 Å². The fourth-order valence-electron chi connectivity index (χ4n) is 3.58. The van der Waals surface area contributed by atoms with Gasteiger partial charge in [0.1, 0.15) is 6.10 Å². The molecule has 0 aromatic rings. The lowest BCUT2D eigenvalue weighted by Crippen LogP contribution is -2.36. The fraction of sp³-hybridized carbons (Fsp3) is 0.833. The highest BCUT2D eigenvalue weighted by molar-refractivity contribution is 5.81. The summed E-state index contributed by atoms with van der Waals surface area (Å²) in [7, 11) is 0. The van der Waals surface area contributed by atoms with Crippen LogP contribution in [0.4, 0.5) is 8.78 Å². The average molecular weight is 260 g/mol. The number of rotatable bonds is 3. The van der Waals surface area contributed by atoms with Gasteiger partial charge >= 0.3 is 11.9 Å². The van der Waals surface area contributed by atoms with Crippen LogP contribution in [0.2, 0.25) is 0 Å². The molecule has 0 amide bonds. The molecule has 5 unspecified atom stereocenters. The molecule has 0 spiro atoms. The van der Waals surface area contributed by atoms with Gasteiger partial charge in [-0.05, 0) is 18.8 Å². The molecule has 5 atom stereocenters. The van der Waals surface area contributed by atoms with Gasteiger partial charge in [-0.2, -0.15) is 0 Å². The highest BCUT2D eigenvalue weighted by Gasteiger charge is 2.64. The lowest BCUT2D eigenvalue weighted by Gasteiger charge is -2.24. The zero-order valence-corrected chi connectivity index (χ0v) is 9.90. The second kappa shape index (κ2) is 3.65. The number of carbonyl (C=O) groups is 2. The van der Waals surface area contributed by atoms with E-state index in [1.807, 2.05) is 0 Å². The van der Waals surface area contributed by atoms with Crippen molar-refractivity contribution in [1.82, 2.24) is 0 Å². The van der Waals surface area contributed by atoms with E-state index >= 15 is 0 Å². The monoisotopic (exact) mass is 260 g/mol. The third-order valence-electron chi connectivity index (χ3n) is 4.23. The van der Waals surface area contributed by atoms with Crippen LogP contribution in [0.25, 0.3) is 0 Å². The predicted octanol–water partition coefficient (Wildman–Crippen LogP) is 1.38. The molecule has 0 aromatic heterocycles. The van der Waals surface area contributed by atoms with Gasteiger partial charge in [0.25, 0.3) is 5.92 Å². The van der Waals surface area contributed by atoms with Gasteiger partial charge in [0.15, 0.2) is 6.61 Å². The smallest absolute Gasteiger partial charge is 0.313 e. The minimum atomic E-state index is -3.03. The zero-order valence-electron chi connectivity index (χ0n) is 9.90. The second-order valence-corrected chi connectivity index (χ2v) is 5.61. The molecule has 3 rings (SSSR count). The Morgan fingerprint density at radius 3 is 2.89 bits per heavy atom. The normalized spacial score (nSPS) is 41.1. The van der Waals surface area contributed by atoms with E-state index in [9.17, 15) is 18.4 Å². The average Bonchev–Trinajstić information content (AvgIpc) is 2.85. The summed E-state index contributed by atoms with van der Waals surface area (Å²) in [5, 5.41) is 0. The lowest BCUT2D eigenvalue weighted by molar-refractivity contribution is -0.165. The van der Waals surface area contributed by atoms with Gasteiger partial charge in [0.05, 0.1) is 11.8 Å². The van der Waals surface area contributed by atoms with Gasteiger partial charge in [-0.15, -0.1) is 0 Å². The van der Waals surface area contributed by atoms with Crippen molar-refractivity contribution < 1.29 is 27.8 Å². The maximum absolute atomic E-state index is 12.6. The molecule has 0 N–H and O–H groups in total. The molecule has 1 aliphatic heterocycles. The summed E-state index contributed by atoms with van der Waals surface area (Å²) in [6.07, 6.45) is 0.949. The molecule has 18 heavy (non-hydrogen) atoms. The van der Waals surface area contributed by atoms with Gasteiger partial charge in [0.2, 0.25) is 0 Å². The number of hydrogen-bond acceptors (Lipinski definition) is 4. The first-order chi connectivity index (χ1) is 8.37. The van der Waals surface area contributed by atoms with Crippen molar-refractivity contribution in [2.45, 2.75) is 31.8 Å². The molecule has 4 nitrogen and oxygen atoms in total. The minimum absolute atomic E-state index is 0.0504. The maximum Gasteiger partial charge on any atom is 0.313 e. The molecule has 6 heteroatoms. The van der Waals surface area contributed by atoms with Crippen molar-refractivity contribution >= 4 is 11.9 Å². The molecule has 100 valence electrons. The van der Waals surface area contributed by atoms with E-state index in [-0.39, 0.29) is 23.7 Å². The fourth-order valence-corrected chi connectivity index (χ4v) is 3.58. The first-order valence-electron chi connectivity index (χ1n) is 6.12. The van der Waals surface area contributed by atoms with Gasteiger partial charge in [-0.1, -0.05) is 0 Å².